The van der Waals surface area contributed by atoms with E-state index in [0.717, 1.165) is 6.42 Å². The van der Waals surface area contributed by atoms with Gasteiger partial charge in [-0.2, -0.15) is 9.36 Å². The normalized spacial score (nSPS) is 15.6. The fourth-order valence-electron chi connectivity index (χ4n) is 0.555. The minimum atomic E-state index is -0.272. The Labute approximate surface area is 75.9 Å². The first-order chi connectivity index (χ1) is 5.64. The highest BCUT2D eigenvalue weighted by molar-refractivity contribution is 7.07. The van der Waals surface area contributed by atoms with Crippen LogP contribution in [0.5, 0.6) is 5.19 Å². The Hall–Kier alpha value is -0.680. The number of rotatable bonds is 4. The lowest BCUT2D eigenvalue weighted by Gasteiger charge is -2.21. The molecule has 0 fully saturated rings. The maximum Gasteiger partial charge on any atom is 0.292 e. The van der Waals surface area contributed by atoms with Gasteiger partial charge in [-0.1, -0.05) is 6.92 Å². The van der Waals surface area contributed by atoms with Crippen LogP contribution in [0.2, 0.25) is 0 Å². The third-order valence-corrected chi connectivity index (χ3v) is 2.25. The van der Waals surface area contributed by atoms with Gasteiger partial charge in [0.25, 0.3) is 5.19 Å². The van der Waals surface area contributed by atoms with Crippen LogP contribution in [-0.2, 0) is 0 Å². The molecule has 2 N–H and O–H groups in total. The van der Waals surface area contributed by atoms with Crippen LogP contribution in [0, 0.1) is 0 Å². The molecule has 0 aliphatic rings. The average molecular weight is 187 g/mol. The molecule has 1 unspecified atom stereocenters. The van der Waals surface area contributed by atoms with Crippen molar-refractivity contribution >= 4 is 11.5 Å². The van der Waals surface area contributed by atoms with Gasteiger partial charge in [-0.25, -0.2) is 0 Å². The van der Waals surface area contributed by atoms with Crippen molar-refractivity contribution in [2.24, 2.45) is 5.73 Å². The molecular formula is C7H13N3OS. The second-order valence-electron chi connectivity index (χ2n) is 3.00. The summed E-state index contributed by atoms with van der Waals surface area (Å²) in [5.41, 5.74) is 5.59. The quantitative estimate of drug-likeness (QED) is 0.765. The third kappa shape index (κ3) is 2.75. The zero-order valence-corrected chi connectivity index (χ0v) is 8.10. The number of aromatic nitrogens is 2. The van der Waals surface area contributed by atoms with Crippen molar-refractivity contribution in [2.75, 3.05) is 6.61 Å². The molecule has 0 saturated carbocycles. The molecule has 1 atom stereocenters. The Morgan fingerprint density at radius 2 is 2.50 bits per heavy atom. The largest absolute Gasteiger partial charge is 0.467 e. The van der Waals surface area contributed by atoms with E-state index in [9.17, 15) is 0 Å². The molecule has 0 saturated heterocycles. The Bertz CT molecular complexity index is 223. The average Bonchev–Trinajstić information content (AvgIpc) is 2.53. The lowest BCUT2D eigenvalue weighted by Crippen LogP contribution is -2.41. The van der Waals surface area contributed by atoms with E-state index < -0.39 is 0 Å². The van der Waals surface area contributed by atoms with Crippen molar-refractivity contribution in [3.8, 4) is 5.19 Å². The molecule has 1 rings (SSSR count). The van der Waals surface area contributed by atoms with Crippen LogP contribution >= 0.6 is 11.5 Å². The van der Waals surface area contributed by atoms with Crippen molar-refractivity contribution < 1.29 is 4.74 Å². The van der Waals surface area contributed by atoms with Gasteiger partial charge in [0.2, 0.25) is 0 Å². The number of nitrogens with two attached hydrogens (primary N) is 1. The molecule has 0 aliphatic heterocycles. The van der Waals surface area contributed by atoms with Crippen LogP contribution < -0.4 is 10.5 Å². The second kappa shape index (κ2) is 3.82. The molecule has 0 bridgehead atoms. The highest BCUT2D eigenvalue weighted by Crippen LogP contribution is 2.13. The molecular weight excluding hydrogens is 174 g/mol. The fourth-order valence-corrected chi connectivity index (χ4v) is 0.946. The predicted octanol–water partition coefficient (Wildman–Crippen LogP) is 1.04. The summed E-state index contributed by atoms with van der Waals surface area (Å²) in [6.07, 6.45) is 2.35. The molecule has 0 spiro atoms. The Balaban J connectivity index is 2.36. The zero-order chi connectivity index (χ0) is 9.03. The van der Waals surface area contributed by atoms with Gasteiger partial charge in [-0.3, -0.25) is 0 Å². The van der Waals surface area contributed by atoms with Gasteiger partial charge >= 0.3 is 0 Å². The zero-order valence-electron chi connectivity index (χ0n) is 7.28. The van der Waals surface area contributed by atoms with Crippen molar-refractivity contribution in [3.05, 3.63) is 6.33 Å². The summed E-state index contributed by atoms with van der Waals surface area (Å²) in [5.74, 6) is 0. The van der Waals surface area contributed by atoms with E-state index >= 15 is 0 Å². The molecule has 4 nitrogen and oxygen atoms in total. The summed E-state index contributed by atoms with van der Waals surface area (Å²) in [4.78, 5) is 3.88. The standard InChI is InChI=1S/C7H13N3OS/c1-3-7(2,8)4-11-6-9-5-10-12-6/h5H,3-4,8H2,1-2H3. The van der Waals surface area contributed by atoms with E-state index in [0.29, 0.717) is 11.8 Å². The minimum Gasteiger partial charge on any atom is -0.467 e. The molecule has 1 heterocycles. The van der Waals surface area contributed by atoms with Crippen LogP contribution in [0.25, 0.3) is 0 Å². The minimum absolute atomic E-state index is 0.272. The molecule has 5 heteroatoms. The first-order valence-electron chi connectivity index (χ1n) is 3.82. The van der Waals surface area contributed by atoms with Gasteiger partial charge in [0.05, 0.1) is 0 Å². The Kier molecular flexibility index (Phi) is 2.99. The van der Waals surface area contributed by atoms with E-state index in [4.69, 9.17) is 10.5 Å². The van der Waals surface area contributed by atoms with Crippen LogP contribution in [0.4, 0.5) is 0 Å². The van der Waals surface area contributed by atoms with Gasteiger partial charge in [0, 0.05) is 17.1 Å². The maximum absolute atomic E-state index is 5.86. The van der Waals surface area contributed by atoms with Crippen molar-refractivity contribution in [1.29, 1.82) is 0 Å². The van der Waals surface area contributed by atoms with E-state index in [1.54, 1.807) is 0 Å². The molecule has 0 amide bonds. The summed E-state index contributed by atoms with van der Waals surface area (Å²) in [7, 11) is 0. The number of hydrogen-bond donors (Lipinski definition) is 1. The molecule has 1 aromatic rings. The number of ether oxygens (including phenoxy) is 1. The maximum atomic E-state index is 5.86. The first kappa shape index (κ1) is 9.41. The summed E-state index contributed by atoms with van der Waals surface area (Å²) in [6, 6.07) is 0. The monoisotopic (exact) mass is 187 g/mol. The predicted molar refractivity (Wildman–Crippen MR) is 48.3 cm³/mol. The first-order valence-corrected chi connectivity index (χ1v) is 4.60. The highest BCUT2D eigenvalue weighted by Gasteiger charge is 2.16. The van der Waals surface area contributed by atoms with E-state index in [-0.39, 0.29) is 5.54 Å². The summed E-state index contributed by atoms with van der Waals surface area (Å²) >= 11 is 1.24. The molecule has 0 aliphatic carbocycles. The van der Waals surface area contributed by atoms with Crippen LogP contribution in [0.3, 0.4) is 0 Å². The van der Waals surface area contributed by atoms with E-state index in [1.165, 1.54) is 17.9 Å². The molecule has 12 heavy (non-hydrogen) atoms. The lowest BCUT2D eigenvalue weighted by molar-refractivity contribution is 0.225. The van der Waals surface area contributed by atoms with E-state index in [1.807, 2.05) is 13.8 Å². The van der Waals surface area contributed by atoms with Gasteiger partial charge in [-0.15, -0.1) is 0 Å². The van der Waals surface area contributed by atoms with Crippen molar-refractivity contribution in [1.82, 2.24) is 9.36 Å². The summed E-state index contributed by atoms with van der Waals surface area (Å²) in [5, 5.41) is 0.583. The SMILES string of the molecule is CCC(C)(N)COc1ncns1. The van der Waals surface area contributed by atoms with Crippen molar-refractivity contribution in [3.63, 3.8) is 0 Å². The van der Waals surface area contributed by atoms with Gasteiger partial charge in [0.15, 0.2) is 0 Å². The molecule has 68 valence electrons. The molecule has 0 aromatic carbocycles. The van der Waals surface area contributed by atoms with Gasteiger partial charge in [-0.05, 0) is 13.3 Å². The van der Waals surface area contributed by atoms with Crippen molar-refractivity contribution in [2.45, 2.75) is 25.8 Å². The highest BCUT2D eigenvalue weighted by atomic mass is 32.1. The molecule has 0 radical (unpaired) electrons. The third-order valence-electron chi connectivity index (χ3n) is 1.67. The van der Waals surface area contributed by atoms with Gasteiger partial charge < -0.3 is 10.5 Å². The van der Waals surface area contributed by atoms with Gasteiger partial charge in [0.1, 0.15) is 12.9 Å². The second-order valence-corrected chi connectivity index (χ2v) is 3.75. The smallest absolute Gasteiger partial charge is 0.292 e. The Morgan fingerprint density at radius 3 is 3.00 bits per heavy atom. The summed E-state index contributed by atoms with van der Waals surface area (Å²) in [6.45, 7) is 4.47. The number of nitrogens with zero attached hydrogens (tertiary/aromatic N) is 2. The van der Waals surface area contributed by atoms with Crippen LogP contribution in [0.1, 0.15) is 20.3 Å². The molecule has 1 aromatic heterocycles. The lowest BCUT2D eigenvalue weighted by atomic mass is 10.0. The fraction of sp³-hybridized carbons (Fsp3) is 0.714. The van der Waals surface area contributed by atoms with Crippen LogP contribution in [0.15, 0.2) is 6.33 Å². The Morgan fingerprint density at radius 1 is 1.75 bits per heavy atom. The summed E-state index contributed by atoms with van der Waals surface area (Å²) < 4.78 is 9.13. The van der Waals surface area contributed by atoms with Crippen LogP contribution in [-0.4, -0.2) is 21.5 Å². The number of hydrogen-bond acceptors (Lipinski definition) is 5. The van der Waals surface area contributed by atoms with E-state index in [2.05, 4.69) is 9.36 Å². The topological polar surface area (TPSA) is 61.0 Å².